The molecular formula is C10H17NO2. The second-order valence-corrected chi connectivity index (χ2v) is 4.39. The third-order valence-corrected chi connectivity index (χ3v) is 3.88. The Bertz CT molecular complexity index is 217. The third kappa shape index (κ3) is 1.17. The molecule has 74 valence electrons. The van der Waals surface area contributed by atoms with Crippen molar-refractivity contribution in [2.45, 2.75) is 50.1 Å². The van der Waals surface area contributed by atoms with Crippen molar-refractivity contribution in [2.75, 3.05) is 7.05 Å². The van der Waals surface area contributed by atoms with Gasteiger partial charge in [-0.25, -0.2) is 0 Å². The van der Waals surface area contributed by atoms with Gasteiger partial charge in [0.15, 0.2) is 0 Å². The van der Waals surface area contributed by atoms with E-state index in [4.69, 9.17) is 0 Å². The molecule has 2 fully saturated rings. The first-order valence-electron chi connectivity index (χ1n) is 5.13. The van der Waals surface area contributed by atoms with Crippen LogP contribution in [-0.4, -0.2) is 34.6 Å². The number of aliphatic carboxylic acids is 1. The first-order valence-corrected chi connectivity index (χ1v) is 5.13. The van der Waals surface area contributed by atoms with Gasteiger partial charge in [0.2, 0.25) is 0 Å². The van der Waals surface area contributed by atoms with Crippen molar-refractivity contribution in [1.82, 2.24) is 4.90 Å². The standard InChI is InChI=1S/C10H17NO2/c1-11-8-4-2-6-10(11,9(12)13)7-3-5-8/h8H,2-7H2,1H3,(H,12,13). The van der Waals surface area contributed by atoms with Crippen LogP contribution in [0.2, 0.25) is 0 Å². The molecule has 0 spiro atoms. The molecule has 0 aromatic carbocycles. The molecular weight excluding hydrogens is 166 g/mol. The Balaban J connectivity index is 2.28. The lowest BCUT2D eigenvalue weighted by Crippen LogP contribution is -2.61. The largest absolute Gasteiger partial charge is 0.480 e. The number of nitrogens with zero attached hydrogens (tertiary/aromatic N) is 1. The number of carbonyl (C=O) groups is 1. The number of hydrogen-bond acceptors (Lipinski definition) is 2. The normalized spacial score (nSPS) is 40.2. The Labute approximate surface area is 78.7 Å². The molecule has 0 aliphatic carbocycles. The van der Waals surface area contributed by atoms with Gasteiger partial charge in [0.25, 0.3) is 0 Å². The first-order chi connectivity index (χ1) is 6.17. The summed E-state index contributed by atoms with van der Waals surface area (Å²) >= 11 is 0. The maximum atomic E-state index is 11.3. The van der Waals surface area contributed by atoms with Gasteiger partial charge in [-0.1, -0.05) is 0 Å². The molecule has 0 radical (unpaired) electrons. The summed E-state index contributed by atoms with van der Waals surface area (Å²) in [5.74, 6) is -0.612. The molecule has 2 heterocycles. The molecule has 2 aliphatic heterocycles. The summed E-state index contributed by atoms with van der Waals surface area (Å²) in [6, 6.07) is 0.526. The fourth-order valence-corrected chi connectivity index (χ4v) is 2.98. The average Bonchev–Trinajstić information content (AvgIpc) is 2.03. The summed E-state index contributed by atoms with van der Waals surface area (Å²) in [6.07, 6.45) is 6.23. The van der Waals surface area contributed by atoms with Gasteiger partial charge in [-0.3, -0.25) is 9.69 Å². The van der Waals surface area contributed by atoms with E-state index in [9.17, 15) is 9.90 Å². The van der Waals surface area contributed by atoms with Crippen molar-refractivity contribution in [2.24, 2.45) is 0 Å². The minimum Gasteiger partial charge on any atom is -0.480 e. The lowest BCUT2D eigenvalue weighted by atomic mass is 9.75. The van der Waals surface area contributed by atoms with Crippen LogP contribution in [0.25, 0.3) is 0 Å². The van der Waals surface area contributed by atoms with Gasteiger partial charge < -0.3 is 5.11 Å². The Morgan fingerprint density at radius 2 is 1.92 bits per heavy atom. The second kappa shape index (κ2) is 2.98. The fraction of sp³-hybridized carbons (Fsp3) is 0.900. The Morgan fingerprint density at radius 1 is 1.38 bits per heavy atom. The van der Waals surface area contributed by atoms with Gasteiger partial charge in [0, 0.05) is 6.04 Å². The zero-order chi connectivity index (χ0) is 9.47. The number of carboxylic acids is 1. The van der Waals surface area contributed by atoms with Gasteiger partial charge >= 0.3 is 5.97 Å². The van der Waals surface area contributed by atoms with Crippen molar-refractivity contribution in [3.8, 4) is 0 Å². The molecule has 3 nitrogen and oxygen atoms in total. The third-order valence-electron chi connectivity index (χ3n) is 3.88. The SMILES string of the molecule is CN1C2CCCC1(C(=O)O)CCC2. The Kier molecular flexibility index (Phi) is 2.06. The maximum absolute atomic E-state index is 11.3. The molecule has 0 aromatic rings. The number of carboxylic acid groups (broad SMARTS) is 1. The highest BCUT2D eigenvalue weighted by Crippen LogP contribution is 2.40. The molecule has 0 aromatic heterocycles. The Morgan fingerprint density at radius 3 is 2.31 bits per heavy atom. The quantitative estimate of drug-likeness (QED) is 0.669. The molecule has 0 unspecified atom stereocenters. The van der Waals surface area contributed by atoms with Crippen molar-refractivity contribution in [3.05, 3.63) is 0 Å². The van der Waals surface area contributed by atoms with E-state index in [2.05, 4.69) is 4.90 Å². The van der Waals surface area contributed by atoms with Gasteiger partial charge in [0.1, 0.15) is 5.54 Å². The summed E-state index contributed by atoms with van der Waals surface area (Å²) in [6.45, 7) is 0. The first kappa shape index (κ1) is 9.00. The summed E-state index contributed by atoms with van der Waals surface area (Å²) < 4.78 is 0. The van der Waals surface area contributed by atoms with E-state index < -0.39 is 11.5 Å². The van der Waals surface area contributed by atoms with E-state index in [0.717, 1.165) is 25.7 Å². The smallest absolute Gasteiger partial charge is 0.324 e. The molecule has 2 bridgehead atoms. The molecule has 1 N–H and O–H groups in total. The molecule has 3 heteroatoms. The van der Waals surface area contributed by atoms with E-state index in [1.54, 1.807) is 0 Å². The zero-order valence-corrected chi connectivity index (χ0v) is 8.12. The van der Waals surface area contributed by atoms with Crippen LogP contribution in [0.3, 0.4) is 0 Å². The van der Waals surface area contributed by atoms with Crippen LogP contribution < -0.4 is 0 Å². The molecule has 2 saturated heterocycles. The van der Waals surface area contributed by atoms with Crippen LogP contribution in [-0.2, 0) is 4.79 Å². The predicted molar refractivity (Wildman–Crippen MR) is 49.6 cm³/mol. The molecule has 2 aliphatic rings. The van der Waals surface area contributed by atoms with E-state index in [1.165, 1.54) is 12.8 Å². The number of rotatable bonds is 1. The highest BCUT2D eigenvalue weighted by molar-refractivity contribution is 5.79. The lowest BCUT2D eigenvalue weighted by molar-refractivity contribution is -0.159. The van der Waals surface area contributed by atoms with Crippen LogP contribution in [0.5, 0.6) is 0 Å². The van der Waals surface area contributed by atoms with Crippen molar-refractivity contribution < 1.29 is 9.90 Å². The molecule has 13 heavy (non-hydrogen) atoms. The topological polar surface area (TPSA) is 40.5 Å². The van der Waals surface area contributed by atoms with E-state index in [1.807, 2.05) is 7.05 Å². The Hall–Kier alpha value is -0.570. The highest BCUT2D eigenvalue weighted by atomic mass is 16.4. The highest BCUT2D eigenvalue weighted by Gasteiger charge is 2.49. The zero-order valence-electron chi connectivity index (χ0n) is 8.12. The minimum atomic E-state index is -0.612. The summed E-state index contributed by atoms with van der Waals surface area (Å²) in [7, 11) is 1.98. The van der Waals surface area contributed by atoms with Crippen molar-refractivity contribution >= 4 is 5.97 Å². The summed E-state index contributed by atoms with van der Waals surface area (Å²) in [4.78, 5) is 13.4. The molecule has 0 saturated carbocycles. The van der Waals surface area contributed by atoms with Crippen molar-refractivity contribution in [1.29, 1.82) is 0 Å². The summed E-state index contributed by atoms with van der Waals surface area (Å²) in [5.41, 5.74) is -0.513. The number of piperidine rings is 2. The van der Waals surface area contributed by atoms with Gasteiger partial charge in [-0.2, -0.15) is 0 Å². The number of likely N-dealkylation sites (N-methyl/N-ethyl adjacent to an activating group) is 1. The van der Waals surface area contributed by atoms with Crippen LogP contribution in [0, 0.1) is 0 Å². The molecule has 0 amide bonds. The van der Waals surface area contributed by atoms with Crippen LogP contribution >= 0.6 is 0 Å². The van der Waals surface area contributed by atoms with Gasteiger partial charge in [0.05, 0.1) is 0 Å². The second-order valence-electron chi connectivity index (χ2n) is 4.39. The van der Waals surface area contributed by atoms with E-state index in [-0.39, 0.29) is 0 Å². The monoisotopic (exact) mass is 183 g/mol. The van der Waals surface area contributed by atoms with E-state index >= 15 is 0 Å². The number of hydrogen-bond donors (Lipinski definition) is 1. The number of fused-ring (bicyclic) bond motifs is 2. The lowest BCUT2D eigenvalue weighted by Gasteiger charge is -2.50. The minimum absolute atomic E-state index is 0.513. The van der Waals surface area contributed by atoms with E-state index in [0.29, 0.717) is 6.04 Å². The van der Waals surface area contributed by atoms with Crippen LogP contribution in [0.1, 0.15) is 38.5 Å². The average molecular weight is 183 g/mol. The van der Waals surface area contributed by atoms with Crippen LogP contribution in [0.15, 0.2) is 0 Å². The van der Waals surface area contributed by atoms with Crippen molar-refractivity contribution in [3.63, 3.8) is 0 Å². The predicted octanol–water partition coefficient (Wildman–Crippen LogP) is 1.48. The van der Waals surface area contributed by atoms with Crippen LogP contribution in [0.4, 0.5) is 0 Å². The van der Waals surface area contributed by atoms with Gasteiger partial charge in [-0.15, -0.1) is 0 Å². The molecule has 2 rings (SSSR count). The summed E-state index contributed by atoms with van der Waals surface area (Å²) in [5, 5.41) is 9.27. The van der Waals surface area contributed by atoms with Gasteiger partial charge in [-0.05, 0) is 45.6 Å². The molecule has 0 atom stereocenters. The fourth-order valence-electron chi connectivity index (χ4n) is 2.98. The maximum Gasteiger partial charge on any atom is 0.324 e.